The quantitative estimate of drug-likeness (QED) is 0.346. The number of carbonyl (C=O) groups is 2. The Morgan fingerprint density at radius 2 is 1.74 bits per heavy atom. The van der Waals surface area contributed by atoms with Gasteiger partial charge in [-0.1, -0.05) is 24.3 Å². The monoisotopic (exact) mass is 417 g/mol. The lowest BCUT2D eigenvalue weighted by molar-refractivity contribution is 0.0468. The highest BCUT2D eigenvalue weighted by Gasteiger charge is 2.19. The number of benzene rings is 2. The first kappa shape index (κ1) is 20.4. The van der Waals surface area contributed by atoms with Gasteiger partial charge in [-0.25, -0.2) is 14.2 Å². The van der Waals surface area contributed by atoms with Gasteiger partial charge in [-0.05, 0) is 49.7 Å². The molecule has 156 valence electrons. The van der Waals surface area contributed by atoms with Gasteiger partial charge < -0.3 is 9.30 Å². The predicted octanol–water partition coefficient (Wildman–Crippen LogP) is 4.28. The lowest BCUT2D eigenvalue weighted by atomic mass is 10.1. The van der Waals surface area contributed by atoms with Crippen LogP contribution < -0.4 is 0 Å². The molecule has 6 nitrogen and oxygen atoms in total. The zero-order valence-corrected chi connectivity index (χ0v) is 17.1. The second-order valence-corrected chi connectivity index (χ2v) is 7.24. The Balaban J connectivity index is 1.45. The van der Waals surface area contributed by atoms with Crippen LogP contribution in [0.15, 0.2) is 60.8 Å². The van der Waals surface area contributed by atoms with Gasteiger partial charge in [-0.15, -0.1) is 0 Å². The van der Waals surface area contributed by atoms with E-state index in [0.717, 1.165) is 17.0 Å². The summed E-state index contributed by atoms with van der Waals surface area (Å²) >= 11 is 0. The summed E-state index contributed by atoms with van der Waals surface area (Å²) in [6, 6.07) is 15.2. The number of para-hydroxylation sites is 2. The minimum atomic E-state index is -0.702. The van der Waals surface area contributed by atoms with Crippen LogP contribution in [0, 0.1) is 19.7 Å². The molecule has 0 bridgehead atoms. The summed E-state index contributed by atoms with van der Waals surface area (Å²) in [6.45, 7) is 3.84. The number of hydrogen-bond donors (Lipinski definition) is 0. The third kappa shape index (κ3) is 4.35. The molecule has 4 aromatic rings. The van der Waals surface area contributed by atoms with Crippen molar-refractivity contribution in [1.82, 2.24) is 14.5 Å². The molecule has 0 N–H and O–H groups in total. The number of aromatic nitrogens is 3. The molecule has 7 heteroatoms. The maximum Gasteiger partial charge on any atom is 0.359 e. The normalized spacial score (nSPS) is 10.9. The fourth-order valence-electron chi connectivity index (χ4n) is 3.44. The van der Waals surface area contributed by atoms with Gasteiger partial charge in [0, 0.05) is 23.5 Å². The standard InChI is InChI=1S/C24H20FN3O3/c1-15-11-19(16(2)28(15)13-17-7-9-18(25)10-8-17)23(29)14-31-24(30)22-12-26-20-5-3-4-6-21(20)27-22/h3-12H,13-14H2,1-2H3. The summed E-state index contributed by atoms with van der Waals surface area (Å²) in [7, 11) is 0. The van der Waals surface area contributed by atoms with Crippen molar-refractivity contribution in [2.75, 3.05) is 6.61 Å². The Morgan fingerprint density at radius 3 is 2.48 bits per heavy atom. The summed E-state index contributed by atoms with van der Waals surface area (Å²) < 4.78 is 20.3. The van der Waals surface area contributed by atoms with Crippen LogP contribution in [0.4, 0.5) is 4.39 Å². The van der Waals surface area contributed by atoms with E-state index in [2.05, 4.69) is 9.97 Å². The van der Waals surface area contributed by atoms with E-state index < -0.39 is 12.6 Å². The molecular weight excluding hydrogens is 397 g/mol. The molecule has 0 fully saturated rings. The summed E-state index contributed by atoms with van der Waals surface area (Å²) in [5, 5.41) is 0. The van der Waals surface area contributed by atoms with E-state index in [9.17, 15) is 14.0 Å². The van der Waals surface area contributed by atoms with Gasteiger partial charge in [0.15, 0.2) is 12.3 Å². The first-order valence-corrected chi connectivity index (χ1v) is 9.75. The summed E-state index contributed by atoms with van der Waals surface area (Å²) in [6.07, 6.45) is 1.34. The molecule has 2 aromatic heterocycles. The predicted molar refractivity (Wildman–Crippen MR) is 114 cm³/mol. The Bertz CT molecular complexity index is 1280. The third-order valence-corrected chi connectivity index (χ3v) is 5.12. The maximum atomic E-state index is 13.1. The van der Waals surface area contributed by atoms with Crippen LogP contribution >= 0.6 is 0 Å². The molecule has 0 radical (unpaired) electrons. The molecule has 0 atom stereocenters. The van der Waals surface area contributed by atoms with E-state index in [1.807, 2.05) is 24.5 Å². The van der Waals surface area contributed by atoms with E-state index in [0.29, 0.717) is 23.1 Å². The molecule has 0 aliphatic heterocycles. The molecule has 0 aliphatic carbocycles. The van der Waals surface area contributed by atoms with Crippen molar-refractivity contribution in [2.45, 2.75) is 20.4 Å². The molecule has 31 heavy (non-hydrogen) atoms. The van der Waals surface area contributed by atoms with Crippen LogP contribution in [-0.2, 0) is 11.3 Å². The van der Waals surface area contributed by atoms with Crippen LogP contribution in [0.2, 0.25) is 0 Å². The van der Waals surface area contributed by atoms with Gasteiger partial charge in [0.25, 0.3) is 0 Å². The molecule has 0 unspecified atom stereocenters. The van der Waals surface area contributed by atoms with Crippen molar-refractivity contribution in [1.29, 1.82) is 0 Å². The second kappa shape index (κ2) is 8.47. The van der Waals surface area contributed by atoms with Gasteiger partial charge >= 0.3 is 5.97 Å². The Hall–Kier alpha value is -3.87. The zero-order chi connectivity index (χ0) is 22.0. The molecule has 0 amide bonds. The third-order valence-electron chi connectivity index (χ3n) is 5.12. The fourth-order valence-corrected chi connectivity index (χ4v) is 3.44. The molecule has 2 heterocycles. The number of ketones is 1. The Kier molecular flexibility index (Phi) is 5.58. The van der Waals surface area contributed by atoms with Crippen molar-refractivity contribution >= 4 is 22.8 Å². The Labute approximate surface area is 178 Å². The summed E-state index contributed by atoms with van der Waals surface area (Å²) in [5.74, 6) is -1.30. The van der Waals surface area contributed by atoms with Gasteiger partial charge in [0.1, 0.15) is 5.82 Å². The first-order chi connectivity index (χ1) is 14.9. The highest BCUT2D eigenvalue weighted by Crippen LogP contribution is 2.18. The second-order valence-electron chi connectivity index (χ2n) is 7.24. The number of ether oxygens (including phenoxy) is 1. The van der Waals surface area contributed by atoms with E-state index >= 15 is 0 Å². The van der Waals surface area contributed by atoms with Crippen LogP contribution in [0.25, 0.3) is 11.0 Å². The van der Waals surface area contributed by atoms with Gasteiger partial charge in [-0.2, -0.15) is 0 Å². The number of rotatable bonds is 6. The lowest BCUT2D eigenvalue weighted by Gasteiger charge is -2.10. The Morgan fingerprint density at radius 1 is 1.03 bits per heavy atom. The molecule has 0 saturated heterocycles. The van der Waals surface area contributed by atoms with Gasteiger partial charge in [0.05, 0.1) is 17.2 Å². The highest BCUT2D eigenvalue weighted by atomic mass is 19.1. The number of aryl methyl sites for hydroxylation is 1. The van der Waals surface area contributed by atoms with E-state index in [4.69, 9.17) is 4.74 Å². The molecular formula is C24H20FN3O3. The number of halogens is 1. The largest absolute Gasteiger partial charge is 0.453 e. The SMILES string of the molecule is Cc1cc(C(=O)COC(=O)c2cnc3ccccc3n2)c(C)n1Cc1ccc(F)cc1. The lowest BCUT2D eigenvalue weighted by Crippen LogP contribution is -2.16. The van der Waals surface area contributed by atoms with E-state index in [1.165, 1.54) is 18.3 Å². The van der Waals surface area contributed by atoms with Crippen LogP contribution in [0.1, 0.15) is 37.8 Å². The van der Waals surface area contributed by atoms with Crippen LogP contribution in [-0.4, -0.2) is 32.9 Å². The van der Waals surface area contributed by atoms with Crippen LogP contribution in [0.3, 0.4) is 0 Å². The topological polar surface area (TPSA) is 74.1 Å². The van der Waals surface area contributed by atoms with Gasteiger partial charge in [0.2, 0.25) is 5.78 Å². The number of fused-ring (bicyclic) bond motifs is 1. The minimum Gasteiger partial charge on any atom is -0.453 e. The average Bonchev–Trinajstić information content (AvgIpc) is 3.06. The molecule has 0 saturated carbocycles. The minimum absolute atomic E-state index is 0.0493. The number of hydrogen-bond acceptors (Lipinski definition) is 5. The van der Waals surface area contributed by atoms with Crippen molar-refractivity contribution in [3.63, 3.8) is 0 Å². The van der Waals surface area contributed by atoms with Crippen molar-refractivity contribution in [3.8, 4) is 0 Å². The fraction of sp³-hybridized carbons (Fsp3) is 0.167. The van der Waals surface area contributed by atoms with E-state index in [1.54, 1.807) is 36.4 Å². The number of nitrogens with zero attached hydrogens (tertiary/aromatic N) is 3. The number of Topliss-reactive ketones (excluding diaryl/α,β-unsaturated/α-hetero) is 1. The van der Waals surface area contributed by atoms with E-state index in [-0.39, 0.29) is 17.3 Å². The van der Waals surface area contributed by atoms with Crippen molar-refractivity contribution in [3.05, 3.63) is 94.8 Å². The van der Waals surface area contributed by atoms with Gasteiger partial charge in [-0.3, -0.25) is 9.78 Å². The summed E-state index contributed by atoms with van der Waals surface area (Å²) in [5.41, 5.74) is 4.34. The van der Waals surface area contributed by atoms with Crippen molar-refractivity contribution in [2.24, 2.45) is 0 Å². The van der Waals surface area contributed by atoms with Crippen LogP contribution in [0.5, 0.6) is 0 Å². The zero-order valence-electron chi connectivity index (χ0n) is 17.1. The summed E-state index contributed by atoms with van der Waals surface area (Å²) in [4.78, 5) is 33.5. The molecule has 0 aliphatic rings. The molecule has 0 spiro atoms. The number of carbonyl (C=O) groups excluding carboxylic acids is 2. The number of esters is 1. The highest BCUT2D eigenvalue weighted by molar-refractivity contribution is 6.00. The van der Waals surface area contributed by atoms with Crippen molar-refractivity contribution < 1.29 is 18.7 Å². The first-order valence-electron chi connectivity index (χ1n) is 9.75. The molecule has 4 rings (SSSR count). The molecule has 2 aromatic carbocycles. The average molecular weight is 417 g/mol. The maximum absolute atomic E-state index is 13.1. The smallest absolute Gasteiger partial charge is 0.359 e.